The molecular weight excluding hydrogens is 574 g/mol. The normalized spacial score (nSPS) is 11.0. The number of carbonyl (C=O) groups is 2. The molecule has 8 heteroatoms. The van der Waals surface area contributed by atoms with Crippen LogP contribution in [0.5, 0.6) is 0 Å². The Morgan fingerprint density at radius 3 is 2.22 bits per heavy atom. The fraction of sp³-hybridized carbons (Fsp3) is 0.0526. The first-order valence-electron chi connectivity index (χ1n) is 14.8. The molecular formula is C38H29N5O3. The van der Waals surface area contributed by atoms with Gasteiger partial charge in [-0.3, -0.25) is 9.59 Å². The van der Waals surface area contributed by atoms with E-state index in [2.05, 4.69) is 15.5 Å². The van der Waals surface area contributed by atoms with Gasteiger partial charge >= 0.3 is 0 Å². The van der Waals surface area contributed by atoms with E-state index in [0.29, 0.717) is 56.3 Å². The largest absolute Gasteiger partial charge is 0.378 e. The van der Waals surface area contributed by atoms with Crippen LogP contribution < -0.4 is 10.2 Å². The molecule has 46 heavy (non-hydrogen) atoms. The molecule has 2 aromatic heterocycles. The predicted molar refractivity (Wildman–Crippen MR) is 181 cm³/mol. The molecule has 0 aliphatic rings. The zero-order chi connectivity index (χ0) is 31.6. The number of carbonyl (C=O) groups excluding carboxylic acids is 2. The summed E-state index contributed by atoms with van der Waals surface area (Å²) in [4.78, 5) is 36.5. The summed E-state index contributed by atoms with van der Waals surface area (Å²) in [5, 5.41) is 7.25. The van der Waals surface area contributed by atoms with E-state index in [9.17, 15) is 9.59 Å². The number of nitrogens with zero attached hydrogens (tertiary/aromatic N) is 3. The van der Waals surface area contributed by atoms with E-state index in [1.54, 1.807) is 30.3 Å². The Bertz CT molecular complexity index is 2180. The van der Waals surface area contributed by atoms with Crippen LogP contribution in [0.15, 0.2) is 132 Å². The van der Waals surface area contributed by atoms with Crippen LogP contribution in [0.1, 0.15) is 26.3 Å². The quantitative estimate of drug-likeness (QED) is 0.170. The molecule has 0 unspecified atom stereocenters. The van der Waals surface area contributed by atoms with E-state index in [1.807, 2.05) is 116 Å². The van der Waals surface area contributed by atoms with Crippen molar-refractivity contribution >= 4 is 34.1 Å². The Labute approximate surface area is 265 Å². The third-order valence-corrected chi connectivity index (χ3v) is 7.82. The lowest BCUT2D eigenvalue weighted by atomic mass is 10.0. The van der Waals surface area contributed by atoms with Gasteiger partial charge in [0.25, 0.3) is 5.91 Å². The van der Waals surface area contributed by atoms with Crippen molar-refractivity contribution in [1.29, 1.82) is 0 Å². The Morgan fingerprint density at radius 2 is 1.46 bits per heavy atom. The molecule has 1 amide bonds. The number of anilines is 2. The molecule has 8 nitrogen and oxygen atoms in total. The van der Waals surface area contributed by atoms with Crippen molar-refractivity contribution in [3.8, 4) is 34.0 Å². The van der Waals surface area contributed by atoms with Gasteiger partial charge in [0, 0.05) is 59.4 Å². The number of hydrogen-bond donors (Lipinski definition) is 2. The second kappa shape index (κ2) is 12.0. The SMILES string of the molecule is CN(C)c1ccc(-c2cc(-c3ccc(NC(=O)c4ccccc4-c4nc5ccc(C(=O)c6ccccc6)cc5[nH]4)cc3)no2)cc1. The second-order valence-electron chi connectivity index (χ2n) is 11.1. The molecule has 0 saturated carbocycles. The van der Waals surface area contributed by atoms with Gasteiger partial charge in [0.15, 0.2) is 11.5 Å². The number of aromatic amines is 1. The minimum absolute atomic E-state index is 0.0663. The van der Waals surface area contributed by atoms with Crippen LogP contribution in [0.25, 0.3) is 45.0 Å². The first-order valence-corrected chi connectivity index (χ1v) is 14.8. The number of rotatable bonds is 8. The van der Waals surface area contributed by atoms with Gasteiger partial charge in [-0.2, -0.15) is 0 Å². The summed E-state index contributed by atoms with van der Waals surface area (Å²) < 4.78 is 5.61. The Morgan fingerprint density at radius 1 is 0.739 bits per heavy atom. The van der Waals surface area contributed by atoms with E-state index < -0.39 is 0 Å². The maximum Gasteiger partial charge on any atom is 0.256 e. The number of hydrogen-bond acceptors (Lipinski definition) is 6. The number of amides is 1. The first kappa shape index (κ1) is 28.5. The van der Waals surface area contributed by atoms with E-state index in [4.69, 9.17) is 9.51 Å². The molecule has 0 radical (unpaired) electrons. The third-order valence-electron chi connectivity index (χ3n) is 7.82. The van der Waals surface area contributed by atoms with Crippen molar-refractivity contribution < 1.29 is 14.1 Å². The van der Waals surface area contributed by atoms with Crippen molar-refractivity contribution in [3.05, 3.63) is 144 Å². The second-order valence-corrected chi connectivity index (χ2v) is 11.1. The molecule has 7 aromatic rings. The molecule has 0 spiro atoms. The fourth-order valence-corrected chi connectivity index (χ4v) is 5.32. The fourth-order valence-electron chi connectivity index (χ4n) is 5.32. The van der Waals surface area contributed by atoms with Crippen LogP contribution in [0.3, 0.4) is 0 Å². The van der Waals surface area contributed by atoms with Crippen molar-refractivity contribution in [3.63, 3.8) is 0 Å². The summed E-state index contributed by atoms with van der Waals surface area (Å²) >= 11 is 0. The lowest BCUT2D eigenvalue weighted by molar-refractivity contribution is 0.102. The molecule has 5 aromatic carbocycles. The molecule has 0 atom stereocenters. The Kier molecular flexibility index (Phi) is 7.44. The number of nitrogens with one attached hydrogen (secondary N) is 2. The zero-order valence-electron chi connectivity index (χ0n) is 25.2. The summed E-state index contributed by atoms with van der Waals surface area (Å²) in [5.74, 6) is 0.884. The van der Waals surface area contributed by atoms with Crippen LogP contribution in [-0.2, 0) is 0 Å². The molecule has 0 aliphatic heterocycles. The van der Waals surface area contributed by atoms with Gasteiger partial charge in [-0.1, -0.05) is 65.8 Å². The lowest BCUT2D eigenvalue weighted by Gasteiger charge is -2.11. The molecule has 0 bridgehead atoms. The smallest absolute Gasteiger partial charge is 0.256 e. The van der Waals surface area contributed by atoms with Crippen LogP contribution in [0, 0.1) is 0 Å². The lowest BCUT2D eigenvalue weighted by Crippen LogP contribution is -2.13. The van der Waals surface area contributed by atoms with Crippen LogP contribution in [0.4, 0.5) is 11.4 Å². The van der Waals surface area contributed by atoms with Gasteiger partial charge in [-0.15, -0.1) is 0 Å². The van der Waals surface area contributed by atoms with E-state index in [1.165, 1.54) is 0 Å². The number of fused-ring (bicyclic) bond motifs is 1. The van der Waals surface area contributed by atoms with Crippen LogP contribution >= 0.6 is 0 Å². The monoisotopic (exact) mass is 603 g/mol. The van der Waals surface area contributed by atoms with E-state index in [0.717, 1.165) is 16.8 Å². The van der Waals surface area contributed by atoms with Crippen molar-refractivity contribution in [2.24, 2.45) is 0 Å². The number of benzene rings is 5. The Balaban J connectivity index is 1.08. The number of imidazole rings is 1. The zero-order valence-corrected chi connectivity index (χ0v) is 25.2. The summed E-state index contributed by atoms with van der Waals surface area (Å²) in [6, 6.07) is 39.3. The molecule has 2 heterocycles. The van der Waals surface area contributed by atoms with Gasteiger partial charge < -0.3 is 19.7 Å². The van der Waals surface area contributed by atoms with Crippen LogP contribution in [-0.4, -0.2) is 40.9 Å². The molecule has 224 valence electrons. The topological polar surface area (TPSA) is 104 Å². The first-order chi connectivity index (χ1) is 22.4. The van der Waals surface area contributed by atoms with Crippen LogP contribution in [0.2, 0.25) is 0 Å². The molecule has 0 aliphatic carbocycles. The summed E-state index contributed by atoms with van der Waals surface area (Å²) in [6.07, 6.45) is 0. The molecule has 7 rings (SSSR count). The highest BCUT2D eigenvalue weighted by Crippen LogP contribution is 2.29. The minimum Gasteiger partial charge on any atom is -0.378 e. The molecule has 2 N–H and O–H groups in total. The molecule has 0 saturated heterocycles. The van der Waals surface area contributed by atoms with Crippen molar-refractivity contribution in [2.75, 3.05) is 24.3 Å². The highest BCUT2D eigenvalue weighted by molar-refractivity contribution is 6.11. The summed E-state index contributed by atoms with van der Waals surface area (Å²) in [5.41, 5.74) is 7.96. The summed E-state index contributed by atoms with van der Waals surface area (Å²) in [6.45, 7) is 0. The highest BCUT2D eigenvalue weighted by Gasteiger charge is 2.17. The standard InChI is InChI=1S/C38H29N5O3/c1-43(2)29-19-14-25(15-20-29)35-23-33(42-46-35)24-12-17-28(18-13-24)39-38(45)31-11-7-6-10-30(31)37-40-32-21-16-27(22-34(32)41-37)36(44)26-8-4-3-5-9-26/h3-23H,1-2H3,(H,39,45)(H,40,41). The third kappa shape index (κ3) is 5.67. The van der Waals surface area contributed by atoms with Crippen molar-refractivity contribution in [2.45, 2.75) is 0 Å². The average Bonchev–Trinajstić information content (AvgIpc) is 3.77. The number of H-pyrrole nitrogens is 1. The van der Waals surface area contributed by atoms with Gasteiger partial charge in [-0.05, 0) is 60.7 Å². The van der Waals surface area contributed by atoms with Gasteiger partial charge in [0.05, 0.1) is 16.6 Å². The van der Waals surface area contributed by atoms with E-state index >= 15 is 0 Å². The van der Waals surface area contributed by atoms with Gasteiger partial charge in [-0.25, -0.2) is 4.98 Å². The average molecular weight is 604 g/mol. The number of ketones is 1. The molecule has 0 fully saturated rings. The minimum atomic E-state index is -0.270. The maximum absolute atomic E-state index is 13.5. The maximum atomic E-state index is 13.5. The number of aromatic nitrogens is 3. The van der Waals surface area contributed by atoms with Gasteiger partial charge in [0.2, 0.25) is 0 Å². The Hall–Kier alpha value is -6.28. The van der Waals surface area contributed by atoms with E-state index in [-0.39, 0.29) is 11.7 Å². The predicted octanol–water partition coefficient (Wildman–Crippen LogP) is 8.10. The van der Waals surface area contributed by atoms with Crippen molar-refractivity contribution in [1.82, 2.24) is 15.1 Å². The summed E-state index contributed by atoms with van der Waals surface area (Å²) in [7, 11) is 4.00. The van der Waals surface area contributed by atoms with Gasteiger partial charge in [0.1, 0.15) is 11.5 Å². The highest BCUT2D eigenvalue weighted by atomic mass is 16.5.